The topological polar surface area (TPSA) is 116 Å². The summed E-state index contributed by atoms with van der Waals surface area (Å²) >= 11 is 1.44. The lowest BCUT2D eigenvalue weighted by atomic mass is 9.96. The van der Waals surface area contributed by atoms with Gasteiger partial charge in [0.1, 0.15) is 0 Å². The standard InChI is InChI=1S/C31H24N2O6S/c1-19-7-4-5-9-26(19)30(35)22-11-15-24(16-12-22)40-25-17-13-23(14-18-25)31(36)29(32-39-21(3)34)28-20(2)8-6-10-27(28)33(37)38/h4-18H,1-3H3/b32-29+. The zero-order valence-electron chi connectivity index (χ0n) is 21.9. The van der Waals surface area contributed by atoms with Gasteiger partial charge in [0.15, 0.2) is 11.5 Å². The number of carbonyl (C=O) groups excluding carboxylic acids is 3. The van der Waals surface area contributed by atoms with Crippen molar-refractivity contribution < 1.29 is 24.1 Å². The highest BCUT2D eigenvalue weighted by atomic mass is 32.2. The van der Waals surface area contributed by atoms with Crippen LogP contribution in [0.25, 0.3) is 0 Å². The average molecular weight is 553 g/mol. The predicted octanol–water partition coefficient (Wildman–Crippen LogP) is 6.74. The number of carbonyl (C=O) groups is 3. The van der Waals surface area contributed by atoms with E-state index in [4.69, 9.17) is 4.84 Å². The minimum absolute atomic E-state index is 0.0162. The quantitative estimate of drug-likeness (QED) is 0.0742. The Morgan fingerprint density at radius 2 is 1.35 bits per heavy atom. The predicted molar refractivity (Wildman–Crippen MR) is 152 cm³/mol. The third kappa shape index (κ3) is 6.39. The van der Waals surface area contributed by atoms with Crippen molar-refractivity contribution in [2.24, 2.45) is 5.16 Å². The third-order valence-electron chi connectivity index (χ3n) is 6.02. The van der Waals surface area contributed by atoms with Gasteiger partial charge >= 0.3 is 5.97 Å². The van der Waals surface area contributed by atoms with E-state index in [-0.39, 0.29) is 28.3 Å². The van der Waals surface area contributed by atoms with E-state index in [2.05, 4.69) is 5.16 Å². The zero-order chi connectivity index (χ0) is 28.8. The molecule has 0 spiro atoms. The minimum Gasteiger partial charge on any atom is -0.318 e. The second-order valence-electron chi connectivity index (χ2n) is 8.87. The molecule has 0 heterocycles. The monoisotopic (exact) mass is 552 g/mol. The van der Waals surface area contributed by atoms with Crippen molar-refractivity contribution in [3.63, 3.8) is 0 Å². The molecular weight excluding hydrogens is 528 g/mol. The van der Waals surface area contributed by atoms with Crippen molar-refractivity contribution in [3.05, 3.63) is 134 Å². The Labute approximate surface area is 234 Å². The zero-order valence-corrected chi connectivity index (χ0v) is 22.7. The molecule has 0 bridgehead atoms. The molecule has 0 N–H and O–H groups in total. The number of nitrogens with zero attached hydrogens (tertiary/aromatic N) is 2. The number of rotatable bonds is 9. The van der Waals surface area contributed by atoms with E-state index in [9.17, 15) is 24.5 Å². The van der Waals surface area contributed by atoms with Crippen LogP contribution in [0.5, 0.6) is 0 Å². The van der Waals surface area contributed by atoms with Crippen molar-refractivity contribution in [3.8, 4) is 0 Å². The summed E-state index contributed by atoms with van der Waals surface area (Å²) in [5.74, 6) is -1.44. The van der Waals surface area contributed by atoms with E-state index in [0.717, 1.165) is 22.3 Å². The maximum atomic E-state index is 13.4. The molecule has 4 aromatic carbocycles. The normalized spacial score (nSPS) is 11.1. The lowest BCUT2D eigenvalue weighted by molar-refractivity contribution is -0.385. The maximum Gasteiger partial charge on any atom is 0.332 e. The number of oxime groups is 1. The second-order valence-corrected chi connectivity index (χ2v) is 10.0. The van der Waals surface area contributed by atoms with Crippen LogP contribution in [0.2, 0.25) is 0 Å². The largest absolute Gasteiger partial charge is 0.332 e. The Morgan fingerprint density at radius 1 is 0.775 bits per heavy atom. The van der Waals surface area contributed by atoms with Gasteiger partial charge in [0.2, 0.25) is 5.78 Å². The van der Waals surface area contributed by atoms with Crippen LogP contribution < -0.4 is 0 Å². The number of hydrogen-bond acceptors (Lipinski definition) is 8. The molecule has 4 rings (SSSR count). The van der Waals surface area contributed by atoms with E-state index in [1.165, 1.54) is 23.9 Å². The molecule has 0 saturated heterocycles. The molecule has 0 aliphatic heterocycles. The second kappa shape index (κ2) is 12.3. The van der Waals surface area contributed by atoms with Crippen molar-refractivity contribution in [2.75, 3.05) is 0 Å². The highest BCUT2D eigenvalue weighted by molar-refractivity contribution is 7.99. The van der Waals surface area contributed by atoms with Crippen LogP contribution in [0.1, 0.15) is 49.9 Å². The van der Waals surface area contributed by atoms with Gasteiger partial charge in [0.25, 0.3) is 5.69 Å². The Bertz CT molecular complexity index is 1640. The first-order valence-electron chi connectivity index (χ1n) is 12.2. The van der Waals surface area contributed by atoms with Crippen molar-refractivity contribution in [1.29, 1.82) is 0 Å². The van der Waals surface area contributed by atoms with Gasteiger partial charge in [-0.15, -0.1) is 0 Å². The summed E-state index contributed by atoms with van der Waals surface area (Å²) in [6.07, 6.45) is 0. The summed E-state index contributed by atoms with van der Waals surface area (Å²) in [6, 6.07) is 25.7. The Morgan fingerprint density at radius 3 is 1.93 bits per heavy atom. The SMILES string of the molecule is CC(=O)O/N=C(/C(=O)c1ccc(Sc2ccc(C(=O)c3ccccc3C)cc2)cc1)c1c(C)cccc1[N+](=O)[O-]. The maximum absolute atomic E-state index is 13.4. The Balaban J connectivity index is 1.55. The molecule has 0 saturated carbocycles. The van der Waals surface area contributed by atoms with Crippen LogP contribution in [-0.2, 0) is 9.63 Å². The van der Waals surface area contributed by atoms with Crippen LogP contribution in [-0.4, -0.2) is 28.2 Å². The molecule has 4 aromatic rings. The number of aryl methyl sites for hydroxylation is 2. The number of ketones is 2. The third-order valence-corrected chi connectivity index (χ3v) is 7.04. The number of hydrogen-bond donors (Lipinski definition) is 0. The summed E-state index contributed by atoms with van der Waals surface area (Å²) in [5.41, 5.74) is 2.14. The van der Waals surface area contributed by atoms with Gasteiger partial charge in [-0.25, -0.2) is 4.79 Å². The first-order chi connectivity index (χ1) is 19.2. The molecule has 0 amide bonds. The summed E-state index contributed by atoms with van der Waals surface area (Å²) in [5, 5.41) is 15.3. The van der Waals surface area contributed by atoms with Crippen LogP contribution in [0.3, 0.4) is 0 Å². The van der Waals surface area contributed by atoms with Crippen molar-refractivity contribution in [2.45, 2.75) is 30.6 Å². The summed E-state index contributed by atoms with van der Waals surface area (Å²) < 4.78 is 0. The molecule has 8 nitrogen and oxygen atoms in total. The minimum atomic E-state index is -0.764. The molecule has 0 radical (unpaired) electrons. The molecule has 0 unspecified atom stereocenters. The van der Waals surface area contributed by atoms with E-state index >= 15 is 0 Å². The van der Waals surface area contributed by atoms with Crippen molar-refractivity contribution in [1.82, 2.24) is 0 Å². The van der Waals surface area contributed by atoms with E-state index < -0.39 is 16.7 Å². The lowest BCUT2D eigenvalue weighted by Gasteiger charge is -2.10. The Kier molecular flexibility index (Phi) is 8.66. The molecule has 0 fully saturated rings. The first-order valence-corrected chi connectivity index (χ1v) is 13.0. The van der Waals surface area contributed by atoms with Crippen LogP contribution in [0, 0.1) is 24.0 Å². The van der Waals surface area contributed by atoms with E-state index in [1.54, 1.807) is 49.4 Å². The molecule has 0 aromatic heterocycles. The number of benzene rings is 4. The summed E-state index contributed by atoms with van der Waals surface area (Å²) in [7, 11) is 0. The first kappa shape index (κ1) is 28.1. The molecule has 0 aliphatic carbocycles. The number of Topliss-reactive ketones (excluding diaryl/α,β-unsaturated/α-hetero) is 1. The van der Waals surface area contributed by atoms with Crippen LogP contribution in [0.4, 0.5) is 5.69 Å². The van der Waals surface area contributed by atoms with Gasteiger partial charge in [0, 0.05) is 39.5 Å². The molecule has 9 heteroatoms. The van der Waals surface area contributed by atoms with Crippen LogP contribution >= 0.6 is 11.8 Å². The van der Waals surface area contributed by atoms with Gasteiger partial charge in [-0.05, 0) is 73.5 Å². The highest BCUT2D eigenvalue weighted by Gasteiger charge is 2.27. The molecular formula is C31H24N2O6S. The molecule has 40 heavy (non-hydrogen) atoms. The molecule has 200 valence electrons. The Hall–Kier alpha value is -4.89. The fraction of sp³-hybridized carbons (Fsp3) is 0.0968. The van der Waals surface area contributed by atoms with Gasteiger partial charge in [-0.2, -0.15) is 0 Å². The lowest BCUT2D eigenvalue weighted by Crippen LogP contribution is -2.20. The molecule has 0 atom stereocenters. The highest BCUT2D eigenvalue weighted by Crippen LogP contribution is 2.30. The fourth-order valence-corrected chi connectivity index (χ4v) is 4.84. The van der Waals surface area contributed by atoms with E-state index in [1.807, 2.05) is 43.3 Å². The number of nitro benzene ring substituents is 1. The summed E-state index contributed by atoms with van der Waals surface area (Å²) in [4.78, 5) is 55.2. The summed E-state index contributed by atoms with van der Waals surface area (Å²) in [6.45, 7) is 4.63. The fourth-order valence-electron chi connectivity index (χ4n) is 4.03. The van der Waals surface area contributed by atoms with E-state index in [0.29, 0.717) is 16.7 Å². The molecule has 0 aliphatic rings. The van der Waals surface area contributed by atoms with Crippen LogP contribution in [0.15, 0.2) is 106 Å². The number of nitro groups is 1. The van der Waals surface area contributed by atoms with Gasteiger partial charge in [-0.1, -0.05) is 53.3 Å². The average Bonchev–Trinajstić information content (AvgIpc) is 2.94. The van der Waals surface area contributed by atoms with Gasteiger partial charge in [0.05, 0.1) is 10.5 Å². The van der Waals surface area contributed by atoms with Gasteiger partial charge in [-0.3, -0.25) is 19.7 Å². The van der Waals surface area contributed by atoms with Crippen molar-refractivity contribution >= 4 is 40.7 Å². The smallest absolute Gasteiger partial charge is 0.318 e. The van der Waals surface area contributed by atoms with Gasteiger partial charge < -0.3 is 4.84 Å².